The van der Waals surface area contributed by atoms with E-state index in [-0.39, 0.29) is 6.04 Å². The molecule has 0 aliphatic heterocycles. The Kier molecular flexibility index (Phi) is 4.28. The van der Waals surface area contributed by atoms with Crippen molar-refractivity contribution in [2.75, 3.05) is 7.11 Å². The van der Waals surface area contributed by atoms with Gasteiger partial charge in [0.05, 0.1) is 13.2 Å². The number of benzene rings is 2. The summed E-state index contributed by atoms with van der Waals surface area (Å²) in [7, 11) is 1.72. The van der Waals surface area contributed by atoms with E-state index in [1.54, 1.807) is 7.11 Å². The van der Waals surface area contributed by atoms with Crippen LogP contribution in [0.1, 0.15) is 48.9 Å². The molecule has 2 atom stereocenters. The van der Waals surface area contributed by atoms with Crippen LogP contribution in [0.15, 0.2) is 53.5 Å². The molecule has 2 nitrogen and oxygen atoms in total. The highest BCUT2D eigenvalue weighted by Gasteiger charge is 2.23. The zero-order chi connectivity index (χ0) is 15.5. The Morgan fingerprint density at radius 3 is 2.59 bits per heavy atom. The number of methoxy groups -OCH3 is 1. The van der Waals surface area contributed by atoms with Crippen LogP contribution in [-0.4, -0.2) is 12.8 Å². The molecule has 114 valence electrons. The van der Waals surface area contributed by atoms with Crippen LogP contribution >= 0.6 is 0 Å². The van der Waals surface area contributed by atoms with Crippen molar-refractivity contribution in [3.63, 3.8) is 0 Å². The van der Waals surface area contributed by atoms with Crippen molar-refractivity contribution in [3.8, 4) is 5.75 Å². The second-order valence-corrected chi connectivity index (χ2v) is 5.99. The molecule has 3 rings (SSSR count). The Bertz CT molecular complexity index is 675. The van der Waals surface area contributed by atoms with Gasteiger partial charge in [-0.3, -0.25) is 4.99 Å². The Labute approximate surface area is 132 Å². The number of aryl methyl sites for hydroxylation is 1. The molecule has 1 aliphatic carbocycles. The van der Waals surface area contributed by atoms with Gasteiger partial charge >= 0.3 is 0 Å². The lowest BCUT2D eigenvalue weighted by Crippen LogP contribution is -2.19. The van der Waals surface area contributed by atoms with Gasteiger partial charge in [0.25, 0.3) is 0 Å². The molecule has 2 heteroatoms. The van der Waals surface area contributed by atoms with Gasteiger partial charge in [0.15, 0.2) is 0 Å². The molecule has 0 bridgehead atoms. The second kappa shape index (κ2) is 6.35. The van der Waals surface area contributed by atoms with Gasteiger partial charge in [0.2, 0.25) is 0 Å². The number of hydrogen-bond donors (Lipinski definition) is 0. The van der Waals surface area contributed by atoms with Crippen LogP contribution in [0.25, 0.3) is 0 Å². The number of fused-ring (bicyclic) bond motifs is 1. The van der Waals surface area contributed by atoms with Crippen LogP contribution in [-0.2, 0) is 6.42 Å². The molecule has 0 fully saturated rings. The molecule has 2 aromatic carbocycles. The summed E-state index contributed by atoms with van der Waals surface area (Å²) in [6.45, 7) is 4.44. The predicted molar refractivity (Wildman–Crippen MR) is 92.0 cm³/mol. The second-order valence-electron chi connectivity index (χ2n) is 5.99. The maximum atomic E-state index is 5.33. The molecule has 22 heavy (non-hydrogen) atoms. The van der Waals surface area contributed by atoms with Crippen LogP contribution in [0.3, 0.4) is 0 Å². The molecule has 0 spiro atoms. The molecule has 2 aromatic rings. The lowest BCUT2D eigenvalue weighted by molar-refractivity contribution is 0.414. The normalized spacial score (nSPS) is 20.5. The van der Waals surface area contributed by atoms with Gasteiger partial charge < -0.3 is 4.74 Å². The van der Waals surface area contributed by atoms with E-state index in [9.17, 15) is 0 Å². The van der Waals surface area contributed by atoms with Gasteiger partial charge in [-0.15, -0.1) is 0 Å². The van der Waals surface area contributed by atoms with Gasteiger partial charge in [-0.25, -0.2) is 0 Å². The summed E-state index contributed by atoms with van der Waals surface area (Å²) >= 11 is 0. The van der Waals surface area contributed by atoms with Crippen LogP contribution < -0.4 is 4.74 Å². The van der Waals surface area contributed by atoms with Gasteiger partial charge in [0.1, 0.15) is 5.75 Å². The highest BCUT2D eigenvalue weighted by molar-refractivity contribution is 5.92. The Morgan fingerprint density at radius 2 is 1.86 bits per heavy atom. The van der Waals surface area contributed by atoms with Crippen molar-refractivity contribution in [2.45, 2.75) is 38.6 Å². The summed E-state index contributed by atoms with van der Waals surface area (Å²) < 4.78 is 5.33. The van der Waals surface area contributed by atoms with Gasteiger partial charge in [-0.1, -0.05) is 43.3 Å². The summed E-state index contributed by atoms with van der Waals surface area (Å²) in [5, 5.41) is 0. The SMILES string of the molecule is COc1ccc2c(c1)CCC(=N[C@H](C)c1ccccc1)C2C. The molecule has 1 unspecified atom stereocenters. The van der Waals surface area contributed by atoms with E-state index in [4.69, 9.17) is 9.73 Å². The minimum Gasteiger partial charge on any atom is -0.497 e. The molecule has 0 amide bonds. The largest absolute Gasteiger partial charge is 0.497 e. The number of ether oxygens (including phenoxy) is 1. The highest BCUT2D eigenvalue weighted by Crippen LogP contribution is 2.33. The predicted octanol–water partition coefficient (Wildman–Crippen LogP) is 4.95. The average Bonchev–Trinajstić information content (AvgIpc) is 2.57. The van der Waals surface area contributed by atoms with Crippen molar-refractivity contribution < 1.29 is 4.74 Å². The molecule has 0 radical (unpaired) electrons. The van der Waals surface area contributed by atoms with E-state index < -0.39 is 0 Å². The fourth-order valence-electron chi connectivity index (χ4n) is 3.24. The van der Waals surface area contributed by atoms with Gasteiger partial charge in [0, 0.05) is 11.6 Å². The zero-order valence-corrected chi connectivity index (χ0v) is 13.5. The summed E-state index contributed by atoms with van der Waals surface area (Å²) in [5.41, 5.74) is 5.39. The van der Waals surface area contributed by atoms with Crippen molar-refractivity contribution in [1.82, 2.24) is 0 Å². The minimum absolute atomic E-state index is 0.221. The van der Waals surface area contributed by atoms with E-state index in [0.29, 0.717) is 5.92 Å². The maximum absolute atomic E-state index is 5.33. The molecule has 1 aliphatic rings. The molecular formula is C20H23NO. The average molecular weight is 293 g/mol. The lowest BCUT2D eigenvalue weighted by Gasteiger charge is -2.26. The number of hydrogen-bond acceptors (Lipinski definition) is 2. The monoisotopic (exact) mass is 293 g/mol. The van der Waals surface area contributed by atoms with Gasteiger partial charge in [-0.2, -0.15) is 0 Å². The van der Waals surface area contributed by atoms with Crippen molar-refractivity contribution in [1.29, 1.82) is 0 Å². The van der Waals surface area contributed by atoms with Crippen molar-refractivity contribution in [2.24, 2.45) is 4.99 Å². The Morgan fingerprint density at radius 1 is 1.09 bits per heavy atom. The lowest BCUT2D eigenvalue weighted by atomic mass is 9.82. The van der Waals surface area contributed by atoms with Crippen LogP contribution in [0.2, 0.25) is 0 Å². The van der Waals surface area contributed by atoms with E-state index >= 15 is 0 Å². The van der Waals surface area contributed by atoms with Crippen molar-refractivity contribution in [3.05, 3.63) is 65.2 Å². The summed E-state index contributed by atoms with van der Waals surface area (Å²) in [6.07, 6.45) is 2.09. The molecule has 0 heterocycles. The van der Waals surface area contributed by atoms with E-state index in [2.05, 4.69) is 62.4 Å². The topological polar surface area (TPSA) is 21.6 Å². The first-order valence-corrected chi connectivity index (χ1v) is 7.97. The summed E-state index contributed by atoms with van der Waals surface area (Å²) in [5.74, 6) is 1.34. The quantitative estimate of drug-likeness (QED) is 0.785. The third-order valence-electron chi connectivity index (χ3n) is 4.61. The van der Waals surface area contributed by atoms with Crippen molar-refractivity contribution >= 4 is 5.71 Å². The fourth-order valence-corrected chi connectivity index (χ4v) is 3.24. The number of aliphatic imine (C=N–C) groups is 1. The fraction of sp³-hybridized carbons (Fsp3) is 0.350. The van der Waals surface area contributed by atoms with E-state index in [1.807, 2.05) is 0 Å². The first-order valence-electron chi connectivity index (χ1n) is 7.97. The van der Waals surface area contributed by atoms with Gasteiger partial charge in [-0.05, 0) is 48.6 Å². The highest BCUT2D eigenvalue weighted by atomic mass is 16.5. The molecular weight excluding hydrogens is 270 g/mol. The smallest absolute Gasteiger partial charge is 0.119 e. The first-order chi connectivity index (χ1) is 10.7. The minimum atomic E-state index is 0.221. The Balaban J connectivity index is 1.86. The third kappa shape index (κ3) is 2.92. The third-order valence-corrected chi connectivity index (χ3v) is 4.61. The number of rotatable bonds is 3. The van der Waals surface area contributed by atoms with Crippen LogP contribution in [0.5, 0.6) is 5.75 Å². The first kappa shape index (κ1) is 14.8. The molecule has 0 N–H and O–H groups in total. The van der Waals surface area contributed by atoms with Crippen LogP contribution in [0, 0.1) is 0 Å². The van der Waals surface area contributed by atoms with Crippen LogP contribution in [0.4, 0.5) is 0 Å². The molecule has 0 saturated carbocycles. The maximum Gasteiger partial charge on any atom is 0.119 e. The molecule has 0 aromatic heterocycles. The standard InChI is InChI=1S/C20H23NO/c1-14-19-11-10-18(22-3)13-17(19)9-12-20(14)21-15(2)16-7-5-4-6-8-16/h4-8,10-11,13-15H,9,12H2,1-3H3/t14?,15-/m1/s1. The van der Waals surface area contributed by atoms with E-state index in [0.717, 1.165) is 18.6 Å². The summed E-state index contributed by atoms with van der Waals surface area (Å²) in [4.78, 5) is 5.01. The Hall–Kier alpha value is -2.09. The number of nitrogens with zero attached hydrogens (tertiary/aromatic N) is 1. The zero-order valence-electron chi connectivity index (χ0n) is 13.5. The molecule has 0 saturated heterocycles. The summed E-state index contributed by atoms with van der Waals surface area (Å²) in [6, 6.07) is 17.2. The van der Waals surface area contributed by atoms with E-state index in [1.165, 1.54) is 22.4 Å².